The first-order valence-electron chi connectivity index (χ1n) is 6.95. The average Bonchev–Trinajstić information content (AvgIpc) is 2.95. The van der Waals surface area contributed by atoms with Crippen LogP contribution in [0.15, 0.2) is 60.8 Å². The second-order valence-electron chi connectivity index (χ2n) is 4.96. The van der Waals surface area contributed by atoms with Gasteiger partial charge in [-0.2, -0.15) is 5.10 Å². The average molecular weight is 346 g/mol. The number of anilines is 1. The molecule has 1 N–H and O–H groups in total. The van der Waals surface area contributed by atoms with Gasteiger partial charge in [-0.3, -0.25) is 9.48 Å². The van der Waals surface area contributed by atoms with Crippen LogP contribution in [0.1, 0.15) is 15.9 Å². The summed E-state index contributed by atoms with van der Waals surface area (Å²) >= 11 is 11.9. The van der Waals surface area contributed by atoms with Gasteiger partial charge in [0, 0.05) is 17.3 Å². The first kappa shape index (κ1) is 15.6. The Morgan fingerprint density at radius 2 is 1.87 bits per heavy atom. The Kier molecular flexibility index (Phi) is 4.65. The molecule has 4 nitrogen and oxygen atoms in total. The summed E-state index contributed by atoms with van der Waals surface area (Å²) in [5.74, 6) is 0.147. The zero-order valence-corrected chi connectivity index (χ0v) is 13.6. The number of hydrogen-bond acceptors (Lipinski definition) is 2. The number of nitrogens with one attached hydrogen (secondary N) is 1. The van der Waals surface area contributed by atoms with E-state index in [2.05, 4.69) is 10.4 Å². The molecule has 0 radical (unpaired) electrons. The maximum atomic E-state index is 12.2. The van der Waals surface area contributed by atoms with Crippen LogP contribution in [-0.4, -0.2) is 15.7 Å². The van der Waals surface area contributed by atoms with Crippen molar-refractivity contribution in [1.29, 1.82) is 0 Å². The van der Waals surface area contributed by atoms with Crippen molar-refractivity contribution in [2.45, 2.75) is 6.54 Å². The number of carbonyl (C=O) groups is 1. The third-order valence-electron chi connectivity index (χ3n) is 3.25. The number of amides is 1. The van der Waals surface area contributed by atoms with Crippen molar-refractivity contribution in [2.24, 2.45) is 0 Å². The van der Waals surface area contributed by atoms with Crippen LogP contribution in [0.3, 0.4) is 0 Å². The summed E-state index contributed by atoms with van der Waals surface area (Å²) in [6.07, 6.45) is 1.81. The number of aromatic nitrogens is 2. The number of nitrogens with zero attached hydrogens (tertiary/aromatic N) is 2. The molecular formula is C17H13Cl2N3O. The van der Waals surface area contributed by atoms with Crippen molar-refractivity contribution in [2.75, 3.05) is 5.32 Å². The van der Waals surface area contributed by atoms with E-state index in [1.165, 1.54) is 6.07 Å². The molecule has 0 aliphatic rings. The van der Waals surface area contributed by atoms with Crippen molar-refractivity contribution < 1.29 is 4.79 Å². The van der Waals surface area contributed by atoms with Gasteiger partial charge in [-0.25, -0.2) is 0 Å². The zero-order valence-electron chi connectivity index (χ0n) is 12.0. The minimum absolute atomic E-state index is 0.304. The minimum atomic E-state index is -0.323. The summed E-state index contributed by atoms with van der Waals surface area (Å²) in [6, 6.07) is 16.4. The Balaban J connectivity index is 1.70. The van der Waals surface area contributed by atoms with Crippen molar-refractivity contribution in [1.82, 2.24) is 9.78 Å². The Bertz CT molecular complexity index is 831. The van der Waals surface area contributed by atoms with Crippen LogP contribution in [0, 0.1) is 0 Å². The molecule has 3 aromatic rings. The van der Waals surface area contributed by atoms with E-state index in [1.807, 2.05) is 36.5 Å². The van der Waals surface area contributed by atoms with E-state index in [4.69, 9.17) is 23.2 Å². The van der Waals surface area contributed by atoms with Gasteiger partial charge in [0.25, 0.3) is 5.91 Å². The number of benzene rings is 2. The van der Waals surface area contributed by atoms with E-state index in [-0.39, 0.29) is 5.91 Å². The maximum absolute atomic E-state index is 12.2. The van der Waals surface area contributed by atoms with Crippen LogP contribution in [0.25, 0.3) is 0 Å². The molecule has 2 aromatic carbocycles. The summed E-state index contributed by atoms with van der Waals surface area (Å²) in [5.41, 5.74) is 1.49. The van der Waals surface area contributed by atoms with Crippen LogP contribution < -0.4 is 5.32 Å². The van der Waals surface area contributed by atoms with Crippen molar-refractivity contribution >= 4 is 34.9 Å². The number of hydrogen-bond donors (Lipinski definition) is 1. The summed E-state index contributed by atoms with van der Waals surface area (Å²) in [4.78, 5) is 12.2. The Labute approximate surface area is 143 Å². The largest absolute Gasteiger partial charge is 0.305 e. The molecule has 6 heteroatoms. The zero-order chi connectivity index (χ0) is 16.2. The number of rotatable bonds is 4. The standard InChI is InChI=1S/C17H13Cl2N3O/c18-13-6-7-14(15(19)10-13)17(23)20-16-8-9-22(21-16)11-12-4-2-1-3-5-12/h1-10H,11H2,(H,20,21,23). The van der Waals surface area contributed by atoms with E-state index >= 15 is 0 Å². The lowest BCUT2D eigenvalue weighted by Gasteiger charge is -2.05. The Morgan fingerprint density at radius 1 is 1.09 bits per heavy atom. The van der Waals surface area contributed by atoms with E-state index in [0.717, 1.165) is 5.56 Å². The molecule has 1 heterocycles. The lowest BCUT2D eigenvalue weighted by Crippen LogP contribution is -2.13. The lowest BCUT2D eigenvalue weighted by atomic mass is 10.2. The van der Waals surface area contributed by atoms with Gasteiger partial charge in [-0.1, -0.05) is 53.5 Å². The maximum Gasteiger partial charge on any atom is 0.258 e. The molecular weight excluding hydrogens is 333 g/mol. The second-order valence-corrected chi connectivity index (χ2v) is 5.81. The molecule has 0 saturated heterocycles. The van der Waals surface area contributed by atoms with Crippen LogP contribution in [0.2, 0.25) is 10.0 Å². The third kappa shape index (κ3) is 3.92. The summed E-state index contributed by atoms with van der Waals surface area (Å²) in [7, 11) is 0. The monoisotopic (exact) mass is 345 g/mol. The van der Waals surface area contributed by atoms with Gasteiger partial charge in [-0.15, -0.1) is 0 Å². The van der Waals surface area contributed by atoms with E-state index in [0.29, 0.717) is 28.0 Å². The Hall–Kier alpha value is -2.30. The molecule has 116 valence electrons. The first-order chi connectivity index (χ1) is 11.1. The van der Waals surface area contributed by atoms with Gasteiger partial charge in [0.05, 0.1) is 17.1 Å². The molecule has 0 aliphatic heterocycles. The SMILES string of the molecule is O=C(Nc1ccn(Cc2ccccc2)n1)c1ccc(Cl)cc1Cl. The molecule has 23 heavy (non-hydrogen) atoms. The molecule has 0 saturated carbocycles. The quantitative estimate of drug-likeness (QED) is 0.757. The van der Waals surface area contributed by atoms with Gasteiger partial charge in [0.15, 0.2) is 5.82 Å². The van der Waals surface area contributed by atoms with Gasteiger partial charge < -0.3 is 5.32 Å². The molecule has 0 unspecified atom stereocenters. The summed E-state index contributed by atoms with van der Waals surface area (Å²) in [6.45, 7) is 0.637. The van der Waals surface area contributed by atoms with E-state index < -0.39 is 0 Å². The molecule has 1 amide bonds. The molecule has 3 rings (SSSR count). The number of halogens is 2. The highest BCUT2D eigenvalue weighted by atomic mass is 35.5. The summed E-state index contributed by atoms with van der Waals surface area (Å²) in [5, 5.41) is 7.85. The van der Waals surface area contributed by atoms with Crippen LogP contribution in [-0.2, 0) is 6.54 Å². The molecule has 0 fully saturated rings. The van der Waals surface area contributed by atoms with Crippen molar-refractivity contribution in [3.05, 3.63) is 82.0 Å². The van der Waals surface area contributed by atoms with Gasteiger partial charge in [0.2, 0.25) is 0 Å². The predicted octanol–water partition coefficient (Wildman–Crippen LogP) is 4.49. The van der Waals surface area contributed by atoms with Gasteiger partial charge in [0.1, 0.15) is 0 Å². The predicted molar refractivity (Wildman–Crippen MR) is 92.2 cm³/mol. The van der Waals surface area contributed by atoms with Crippen molar-refractivity contribution in [3.8, 4) is 0 Å². The van der Waals surface area contributed by atoms with Gasteiger partial charge >= 0.3 is 0 Å². The Morgan fingerprint density at radius 3 is 2.61 bits per heavy atom. The van der Waals surface area contributed by atoms with E-state index in [1.54, 1.807) is 22.9 Å². The molecule has 0 bridgehead atoms. The first-order valence-corrected chi connectivity index (χ1v) is 7.71. The highest BCUT2D eigenvalue weighted by Gasteiger charge is 2.12. The molecule has 1 aromatic heterocycles. The fourth-order valence-electron chi connectivity index (χ4n) is 2.14. The number of carbonyl (C=O) groups excluding carboxylic acids is 1. The highest BCUT2D eigenvalue weighted by Crippen LogP contribution is 2.21. The topological polar surface area (TPSA) is 46.9 Å². The molecule has 0 aliphatic carbocycles. The molecule has 0 spiro atoms. The fourth-order valence-corrected chi connectivity index (χ4v) is 2.64. The lowest BCUT2D eigenvalue weighted by molar-refractivity contribution is 0.102. The van der Waals surface area contributed by atoms with Crippen LogP contribution in [0.4, 0.5) is 5.82 Å². The van der Waals surface area contributed by atoms with Crippen LogP contribution in [0.5, 0.6) is 0 Å². The minimum Gasteiger partial charge on any atom is -0.305 e. The smallest absolute Gasteiger partial charge is 0.258 e. The van der Waals surface area contributed by atoms with E-state index in [9.17, 15) is 4.79 Å². The second kappa shape index (κ2) is 6.86. The summed E-state index contributed by atoms with van der Waals surface area (Å²) < 4.78 is 1.76. The van der Waals surface area contributed by atoms with Crippen LogP contribution >= 0.6 is 23.2 Å². The highest BCUT2D eigenvalue weighted by molar-refractivity contribution is 6.37. The fraction of sp³-hybridized carbons (Fsp3) is 0.0588. The third-order valence-corrected chi connectivity index (χ3v) is 3.79. The van der Waals surface area contributed by atoms with Crippen molar-refractivity contribution in [3.63, 3.8) is 0 Å². The van der Waals surface area contributed by atoms with Gasteiger partial charge in [-0.05, 0) is 23.8 Å². The molecule has 0 atom stereocenters. The normalized spacial score (nSPS) is 10.5.